The molecule has 0 bridgehead atoms. The van der Waals surface area contributed by atoms with E-state index in [0.717, 1.165) is 36.8 Å². The second-order valence-corrected chi connectivity index (χ2v) is 8.73. The Morgan fingerprint density at radius 1 is 1.10 bits per heavy atom. The van der Waals surface area contributed by atoms with Crippen LogP contribution in [0.2, 0.25) is 0 Å². The molecule has 0 aliphatic heterocycles. The fraction of sp³-hybridized carbons (Fsp3) is 0.458. The average Bonchev–Trinajstić information content (AvgIpc) is 2.73. The molecular weight excluding hydrogens is 401 g/mol. The van der Waals surface area contributed by atoms with E-state index in [0.29, 0.717) is 34.8 Å². The fourth-order valence-electron chi connectivity index (χ4n) is 3.83. The van der Waals surface area contributed by atoms with Gasteiger partial charge in [0.25, 0.3) is 0 Å². The number of hydrogen-bond donors (Lipinski definition) is 0. The summed E-state index contributed by atoms with van der Waals surface area (Å²) in [5.74, 6) is -0.800. The van der Waals surface area contributed by atoms with Crippen molar-refractivity contribution >= 4 is 29.8 Å². The van der Waals surface area contributed by atoms with Crippen LogP contribution in [-0.4, -0.2) is 12.6 Å². The van der Waals surface area contributed by atoms with Crippen molar-refractivity contribution in [2.24, 2.45) is 5.41 Å². The lowest BCUT2D eigenvalue weighted by Gasteiger charge is -2.30. The maximum atomic E-state index is 15.3. The minimum absolute atomic E-state index is 0.202. The Kier molecular flexibility index (Phi) is 8.80. The van der Waals surface area contributed by atoms with Gasteiger partial charge in [0.2, 0.25) is 0 Å². The topological polar surface area (TPSA) is 26.3 Å². The molecule has 29 heavy (non-hydrogen) atoms. The van der Waals surface area contributed by atoms with Crippen LogP contribution in [0.1, 0.15) is 67.9 Å². The SMILES string of the molecule is CCC(CC)(CC)CCOC(=O)c1c(P)cc(-c2ccc(C)cc2)c(F)c1CP. The van der Waals surface area contributed by atoms with Gasteiger partial charge in [0.15, 0.2) is 0 Å². The Morgan fingerprint density at radius 3 is 2.21 bits per heavy atom. The van der Waals surface area contributed by atoms with Gasteiger partial charge in [-0.05, 0) is 41.9 Å². The van der Waals surface area contributed by atoms with Crippen molar-refractivity contribution < 1.29 is 13.9 Å². The van der Waals surface area contributed by atoms with Gasteiger partial charge in [-0.15, -0.1) is 18.5 Å². The van der Waals surface area contributed by atoms with E-state index in [2.05, 4.69) is 39.3 Å². The number of carbonyl (C=O) groups is 1. The van der Waals surface area contributed by atoms with E-state index < -0.39 is 5.97 Å². The Morgan fingerprint density at radius 2 is 1.69 bits per heavy atom. The number of rotatable bonds is 9. The molecular formula is C24H33FO2P2. The van der Waals surface area contributed by atoms with Crippen LogP contribution in [0.4, 0.5) is 4.39 Å². The summed E-state index contributed by atoms with van der Waals surface area (Å²) in [5.41, 5.74) is 3.34. The molecule has 0 aliphatic carbocycles. The van der Waals surface area contributed by atoms with Crippen LogP contribution in [0, 0.1) is 18.2 Å². The lowest BCUT2D eigenvalue weighted by atomic mass is 9.77. The van der Waals surface area contributed by atoms with Crippen molar-refractivity contribution in [1.82, 2.24) is 0 Å². The first-order chi connectivity index (χ1) is 13.8. The number of esters is 1. The summed E-state index contributed by atoms with van der Waals surface area (Å²) in [4.78, 5) is 12.8. The van der Waals surface area contributed by atoms with Gasteiger partial charge in [-0.3, -0.25) is 0 Å². The zero-order valence-corrected chi connectivity index (χ0v) is 20.3. The highest BCUT2D eigenvalue weighted by Crippen LogP contribution is 2.34. The average molecular weight is 434 g/mol. The van der Waals surface area contributed by atoms with Gasteiger partial charge in [0.05, 0.1) is 12.2 Å². The maximum Gasteiger partial charge on any atom is 0.339 e. The van der Waals surface area contributed by atoms with Crippen LogP contribution in [0.5, 0.6) is 0 Å². The molecule has 2 rings (SSSR count). The van der Waals surface area contributed by atoms with Crippen LogP contribution in [0.25, 0.3) is 11.1 Å². The molecule has 0 heterocycles. The summed E-state index contributed by atoms with van der Waals surface area (Å²) >= 11 is 0. The quantitative estimate of drug-likeness (QED) is 0.335. The number of hydrogen-bond acceptors (Lipinski definition) is 2. The molecule has 0 amide bonds. The van der Waals surface area contributed by atoms with Crippen LogP contribution in [0.15, 0.2) is 30.3 Å². The lowest BCUT2D eigenvalue weighted by molar-refractivity contribution is 0.0428. The summed E-state index contributed by atoms with van der Waals surface area (Å²) in [6, 6.07) is 9.45. The van der Waals surface area contributed by atoms with Gasteiger partial charge in [-0.2, -0.15) is 0 Å². The van der Waals surface area contributed by atoms with Crippen LogP contribution >= 0.6 is 18.5 Å². The smallest absolute Gasteiger partial charge is 0.339 e. The third-order valence-electron chi connectivity index (χ3n) is 6.28. The molecule has 2 unspecified atom stereocenters. The molecule has 0 N–H and O–H groups in total. The van der Waals surface area contributed by atoms with E-state index in [1.54, 1.807) is 6.07 Å². The first-order valence-electron chi connectivity index (χ1n) is 10.4. The van der Waals surface area contributed by atoms with E-state index >= 15 is 4.39 Å². The standard InChI is InChI=1S/C24H33FO2P2/c1-5-24(6-2,7-3)12-13-27-23(26)21-19(15-28)22(25)18(14-20(21)29)17-10-8-16(4)9-11-17/h8-11,14H,5-7,12-13,15,28-29H2,1-4H3. The minimum Gasteiger partial charge on any atom is -0.462 e. The number of benzene rings is 2. The molecule has 2 atom stereocenters. The summed E-state index contributed by atoms with van der Waals surface area (Å²) in [5, 5.41) is 0.664. The van der Waals surface area contributed by atoms with Crippen molar-refractivity contribution in [2.75, 3.05) is 6.61 Å². The molecule has 0 aliphatic rings. The van der Waals surface area contributed by atoms with Gasteiger partial charge >= 0.3 is 5.97 Å². The van der Waals surface area contributed by atoms with Crippen molar-refractivity contribution in [1.29, 1.82) is 0 Å². The zero-order chi connectivity index (χ0) is 21.6. The third kappa shape index (κ3) is 5.44. The Hall–Kier alpha value is -1.30. The van der Waals surface area contributed by atoms with Crippen molar-refractivity contribution in [3.05, 3.63) is 52.8 Å². The van der Waals surface area contributed by atoms with E-state index in [-0.39, 0.29) is 11.2 Å². The van der Waals surface area contributed by atoms with Crippen molar-refractivity contribution in [3.63, 3.8) is 0 Å². The van der Waals surface area contributed by atoms with Crippen molar-refractivity contribution in [2.45, 2.75) is 59.5 Å². The molecule has 158 valence electrons. The molecule has 0 spiro atoms. The fourth-order valence-corrected chi connectivity index (χ4v) is 4.67. The van der Waals surface area contributed by atoms with Gasteiger partial charge < -0.3 is 4.74 Å². The first-order valence-corrected chi connectivity index (χ1v) is 11.8. The lowest BCUT2D eigenvalue weighted by Crippen LogP contribution is -2.23. The highest BCUT2D eigenvalue weighted by molar-refractivity contribution is 7.27. The second-order valence-electron chi connectivity index (χ2n) is 7.70. The number of carbonyl (C=O) groups excluding carboxylic acids is 1. The molecule has 0 saturated heterocycles. The predicted octanol–water partition coefficient (Wildman–Crippen LogP) is 6.44. The van der Waals surface area contributed by atoms with E-state index in [1.165, 1.54) is 0 Å². The summed E-state index contributed by atoms with van der Waals surface area (Å²) in [6.45, 7) is 8.90. The van der Waals surface area contributed by atoms with E-state index in [9.17, 15) is 4.79 Å². The van der Waals surface area contributed by atoms with E-state index in [4.69, 9.17) is 4.74 Å². The van der Waals surface area contributed by atoms with Gasteiger partial charge in [0, 0.05) is 11.1 Å². The monoisotopic (exact) mass is 434 g/mol. The zero-order valence-electron chi connectivity index (χ0n) is 18.0. The highest BCUT2D eigenvalue weighted by Gasteiger charge is 2.26. The molecule has 0 saturated carbocycles. The highest BCUT2D eigenvalue weighted by atomic mass is 31.0. The molecule has 2 nitrogen and oxygen atoms in total. The van der Waals surface area contributed by atoms with Crippen molar-refractivity contribution in [3.8, 4) is 11.1 Å². The Balaban J connectivity index is 2.30. The minimum atomic E-state index is -0.445. The molecule has 0 aromatic heterocycles. The van der Waals surface area contributed by atoms with Gasteiger partial charge in [-0.25, -0.2) is 9.18 Å². The van der Waals surface area contributed by atoms with Gasteiger partial charge in [-0.1, -0.05) is 69.9 Å². The van der Waals surface area contributed by atoms with E-state index in [1.807, 2.05) is 31.2 Å². The predicted molar refractivity (Wildman–Crippen MR) is 128 cm³/mol. The Bertz CT molecular complexity index is 835. The second kappa shape index (κ2) is 10.6. The molecule has 0 radical (unpaired) electrons. The Labute approximate surface area is 179 Å². The van der Waals surface area contributed by atoms with Crippen LogP contribution < -0.4 is 5.30 Å². The largest absolute Gasteiger partial charge is 0.462 e. The molecule has 0 fully saturated rings. The molecule has 2 aromatic carbocycles. The van der Waals surface area contributed by atoms with Crippen LogP contribution in [0.3, 0.4) is 0 Å². The number of ether oxygens (including phenoxy) is 1. The summed E-state index contributed by atoms with van der Waals surface area (Å²) in [7, 11) is 5.11. The summed E-state index contributed by atoms with van der Waals surface area (Å²) in [6.07, 6.45) is 4.35. The normalized spacial score (nSPS) is 11.6. The maximum absolute atomic E-state index is 15.3. The number of aryl methyl sites for hydroxylation is 1. The molecule has 5 heteroatoms. The summed E-state index contributed by atoms with van der Waals surface area (Å²) < 4.78 is 20.9. The van der Waals surface area contributed by atoms with Crippen LogP contribution in [-0.2, 0) is 10.9 Å². The molecule has 2 aromatic rings. The number of halogens is 1. The van der Waals surface area contributed by atoms with Gasteiger partial charge in [0.1, 0.15) is 5.82 Å². The third-order valence-corrected chi connectivity index (χ3v) is 7.14. The first kappa shape index (κ1) is 24.0.